The molecule has 2 atom stereocenters. The molecule has 1 heterocycles. The fraction of sp³-hybridized carbons (Fsp3) is 0.692. The van der Waals surface area contributed by atoms with Gasteiger partial charge in [0.2, 0.25) is 0 Å². The van der Waals surface area contributed by atoms with Crippen LogP contribution >= 0.6 is 0 Å². The normalized spacial score (nSPS) is 33.0. The molecule has 1 N–H and O–H groups in total. The zero-order chi connectivity index (χ0) is 10.3. The highest BCUT2D eigenvalue weighted by atomic mass is 16.3. The molecule has 2 nitrogen and oxygen atoms in total. The van der Waals surface area contributed by atoms with Crippen molar-refractivity contribution in [2.45, 2.75) is 38.0 Å². The molecule has 15 heavy (non-hydrogen) atoms. The Morgan fingerprint density at radius 2 is 2.53 bits per heavy atom. The average Bonchev–Trinajstić information content (AvgIpc) is 2.73. The van der Waals surface area contributed by atoms with E-state index in [0.717, 1.165) is 18.9 Å². The Bertz CT molecular complexity index is 357. The summed E-state index contributed by atoms with van der Waals surface area (Å²) in [5, 5.41) is 3.47. The molecule has 2 aliphatic rings. The molecule has 1 fully saturated rings. The second-order valence-electron chi connectivity index (χ2n) is 4.98. The van der Waals surface area contributed by atoms with Crippen LogP contribution in [0.25, 0.3) is 0 Å². The molecule has 0 aromatic carbocycles. The van der Waals surface area contributed by atoms with E-state index in [1.165, 1.54) is 37.1 Å². The lowest BCUT2D eigenvalue weighted by Crippen LogP contribution is -2.23. The van der Waals surface area contributed by atoms with E-state index < -0.39 is 0 Å². The Labute approximate surface area is 91.0 Å². The SMILES string of the molecule is CCNCC1CC12CCCc1occc12. The van der Waals surface area contributed by atoms with E-state index in [4.69, 9.17) is 4.42 Å². The maximum atomic E-state index is 5.56. The van der Waals surface area contributed by atoms with Gasteiger partial charge in [0.15, 0.2) is 0 Å². The molecule has 0 radical (unpaired) electrons. The number of aryl methyl sites for hydroxylation is 1. The fourth-order valence-corrected chi connectivity index (χ4v) is 3.28. The van der Waals surface area contributed by atoms with Crippen LogP contribution in [0.4, 0.5) is 0 Å². The van der Waals surface area contributed by atoms with Crippen LogP contribution in [0.1, 0.15) is 37.5 Å². The molecule has 1 saturated carbocycles. The van der Waals surface area contributed by atoms with Crippen LogP contribution in [0.3, 0.4) is 0 Å². The molecule has 82 valence electrons. The van der Waals surface area contributed by atoms with Crippen molar-refractivity contribution in [2.24, 2.45) is 5.92 Å². The van der Waals surface area contributed by atoms with E-state index in [1.54, 1.807) is 0 Å². The topological polar surface area (TPSA) is 25.2 Å². The molecular formula is C13H19NO. The lowest BCUT2D eigenvalue weighted by Gasteiger charge is -2.22. The number of nitrogens with one attached hydrogen (secondary N) is 1. The maximum absolute atomic E-state index is 5.56. The van der Waals surface area contributed by atoms with Crippen molar-refractivity contribution in [1.82, 2.24) is 5.32 Å². The highest BCUT2D eigenvalue weighted by Crippen LogP contribution is 2.60. The van der Waals surface area contributed by atoms with Crippen LogP contribution in [0.15, 0.2) is 16.7 Å². The van der Waals surface area contributed by atoms with Gasteiger partial charge in [-0.2, -0.15) is 0 Å². The summed E-state index contributed by atoms with van der Waals surface area (Å²) in [6, 6.07) is 2.21. The Kier molecular flexibility index (Phi) is 2.13. The first-order valence-electron chi connectivity index (χ1n) is 6.14. The predicted molar refractivity (Wildman–Crippen MR) is 60.0 cm³/mol. The van der Waals surface area contributed by atoms with Crippen LogP contribution in [0, 0.1) is 5.92 Å². The monoisotopic (exact) mass is 205 g/mol. The smallest absolute Gasteiger partial charge is 0.107 e. The van der Waals surface area contributed by atoms with E-state index >= 15 is 0 Å². The minimum atomic E-state index is 0.503. The third-order valence-electron chi connectivity index (χ3n) is 4.18. The van der Waals surface area contributed by atoms with Gasteiger partial charge in [0, 0.05) is 17.4 Å². The van der Waals surface area contributed by atoms with E-state index in [0.29, 0.717) is 5.41 Å². The molecule has 3 rings (SSSR count). The fourth-order valence-electron chi connectivity index (χ4n) is 3.28. The van der Waals surface area contributed by atoms with Crippen molar-refractivity contribution in [3.63, 3.8) is 0 Å². The summed E-state index contributed by atoms with van der Waals surface area (Å²) in [6.45, 7) is 4.45. The van der Waals surface area contributed by atoms with E-state index in [-0.39, 0.29) is 0 Å². The van der Waals surface area contributed by atoms with Gasteiger partial charge in [-0.25, -0.2) is 0 Å². The molecule has 2 heteroatoms. The van der Waals surface area contributed by atoms with Gasteiger partial charge in [-0.3, -0.25) is 0 Å². The van der Waals surface area contributed by atoms with Gasteiger partial charge in [-0.15, -0.1) is 0 Å². The summed E-state index contributed by atoms with van der Waals surface area (Å²) in [5.41, 5.74) is 2.03. The van der Waals surface area contributed by atoms with E-state index in [9.17, 15) is 0 Å². The molecule has 0 amide bonds. The average molecular weight is 205 g/mol. The zero-order valence-corrected chi connectivity index (χ0v) is 9.38. The largest absolute Gasteiger partial charge is 0.469 e. The molecule has 1 aromatic rings. The highest BCUT2D eigenvalue weighted by Gasteiger charge is 2.56. The molecule has 1 aromatic heterocycles. The number of hydrogen-bond donors (Lipinski definition) is 1. The Morgan fingerprint density at radius 3 is 3.40 bits per heavy atom. The Morgan fingerprint density at radius 1 is 1.60 bits per heavy atom. The summed E-state index contributed by atoms with van der Waals surface area (Å²) in [6.07, 6.45) is 7.07. The van der Waals surface area contributed by atoms with Crippen molar-refractivity contribution in [3.8, 4) is 0 Å². The van der Waals surface area contributed by atoms with Crippen molar-refractivity contribution in [3.05, 3.63) is 23.7 Å². The quantitative estimate of drug-likeness (QED) is 0.820. The summed E-state index contributed by atoms with van der Waals surface area (Å²) >= 11 is 0. The predicted octanol–water partition coefficient (Wildman–Crippen LogP) is 2.48. The van der Waals surface area contributed by atoms with Gasteiger partial charge in [0.05, 0.1) is 6.26 Å². The van der Waals surface area contributed by atoms with Gasteiger partial charge < -0.3 is 9.73 Å². The van der Waals surface area contributed by atoms with Gasteiger partial charge >= 0.3 is 0 Å². The van der Waals surface area contributed by atoms with Gasteiger partial charge in [0.25, 0.3) is 0 Å². The van der Waals surface area contributed by atoms with Crippen LogP contribution in [0.5, 0.6) is 0 Å². The molecular weight excluding hydrogens is 186 g/mol. The first kappa shape index (κ1) is 9.46. The Balaban J connectivity index is 1.80. The van der Waals surface area contributed by atoms with Crippen molar-refractivity contribution in [1.29, 1.82) is 0 Å². The number of rotatable bonds is 3. The Hall–Kier alpha value is -0.760. The summed E-state index contributed by atoms with van der Waals surface area (Å²) < 4.78 is 5.56. The van der Waals surface area contributed by atoms with Crippen LogP contribution in [0.2, 0.25) is 0 Å². The molecule has 1 spiro atoms. The number of hydrogen-bond acceptors (Lipinski definition) is 2. The van der Waals surface area contributed by atoms with E-state index in [2.05, 4.69) is 18.3 Å². The minimum absolute atomic E-state index is 0.503. The van der Waals surface area contributed by atoms with Gasteiger partial charge in [-0.1, -0.05) is 6.92 Å². The highest BCUT2D eigenvalue weighted by molar-refractivity contribution is 5.38. The molecule has 2 unspecified atom stereocenters. The van der Waals surface area contributed by atoms with Crippen LogP contribution in [-0.4, -0.2) is 13.1 Å². The summed E-state index contributed by atoms with van der Waals surface area (Å²) in [7, 11) is 0. The second kappa shape index (κ2) is 3.38. The first-order valence-corrected chi connectivity index (χ1v) is 6.14. The van der Waals surface area contributed by atoms with Crippen molar-refractivity contribution < 1.29 is 4.42 Å². The first-order chi connectivity index (χ1) is 7.37. The summed E-state index contributed by atoms with van der Waals surface area (Å²) in [4.78, 5) is 0. The number of fused-ring (bicyclic) bond motifs is 2. The zero-order valence-electron chi connectivity index (χ0n) is 9.38. The van der Waals surface area contributed by atoms with Crippen LogP contribution < -0.4 is 5.32 Å². The number of furan rings is 1. The van der Waals surface area contributed by atoms with Crippen LogP contribution in [-0.2, 0) is 11.8 Å². The third kappa shape index (κ3) is 1.35. The lowest BCUT2D eigenvalue weighted by atomic mass is 9.82. The minimum Gasteiger partial charge on any atom is -0.469 e. The van der Waals surface area contributed by atoms with Gasteiger partial charge in [-0.05, 0) is 44.3 Å². The summed E-state index contributed by atoms with van der Waals surface area (Å²) in [5.74, 6) is 2.12. The van der Waals surface area contributed by atoms with Crippen molar-refractivity contribution in [2.75, 3.05) is 13.1 Å². The molecule has 0 saturated heterocycles. The van der Waals surface area contributed by atoms with E-state index in [1.807, 2.05) is 6.26 Å². The maximum Gasteiger partial charge on any atom is 0.107 e. The third-order valence-corrected chi connectivity index (χ3v) is 4.18. The second-order valence-corrected chi connectivity index (χ2v) is 4.98. The van der Waals surface area contributed by atoms with Gasteiger partial charge in [0.1, 0.15) is 5.76 Å². The van der Waals surface area contributed by atoms with Crippen molar-refractivity contribution >= 4 is 0 Å². The molecule has 2 aliphatic carbocycles. The lowest BCUT2D eigenvalue weighted by molar-refractivity contribution is 0.422. The molecule has 0 aliphatic heterocycles. The molecule has 0 bridgehead atoms. The standard InChI is InChI=1S/C13H19NO/c1-2-14-9-10-8-13(10)6-3-4-12-11(13)5-7-15-12/h5,7,10,14H,2-4,6,8-9H2,1H3.